The summed E-state index contributed by atoms with van der Waals surface area (Å²) in [5.74, 6) is -3.23. The van der Waals surface area contributed by atoms with Crippen LogP contribution < -0.4 is 0 Å². The molecule has 0 unspecified atom stereocenters. The Labute approximate surface area is 94.7 Å². The first-order valence-corrected chi connectivity index (χ1v) is 4.69. The quantitative estimate of drug-likeness (QED) is 0.593. The molecule has 0 amide bonds. The molecule has 0 aliphatic heterocycles. The summed E-state index contributed by atoms with van der Waals surface area (Å²) in [4.78, 5) is 13.7. The molecule has 0 saturated heterocycles. The first kappa shape index (κ1) is 11.3. The molecule has 2 aromatic rings. The van der Waals surface area contributed by atoms with Crippen LogP contribution in [0.5, 0.6) is 0 Å². The molecule has 0 fully saturated rings. The number of halogens is 3. The van der Waals surface area contributed by atoms with E-state index in [1.165, 1.54) is 24.3 Å². The summed E-state index contributed by atoms with van der Waals surface area (Å²) in [6.07, 6.45) is 0.370. The van der Waals surface area contributed by atoms with Gasteiger partial charge in [0.15, 0.2) is 17.9 Å². The molecule has 1 aromatic carbocycles. The van der Waals surface area contributed by atoms with E-state index < -0.39 is 17.6 Å². The molecule has 1 aromatic heterocycles. The fourth-order valence-electron chi connectivity index (χ4n) is 1.43. The van der Waals surface area contributed by atoms with Gasteiger partial charge in [-0.15, -0.1) is 0 Å². The second-order valence-corrected chi connectivity index (χ2v) is 3.29. The highest BCUT2D eigenvalue weighted by Gasteiger charge is 2.14. The van der Waals surface area contributed by atoms with Gasteiger partial charge in [-0.2, -0.15) is 4.39 Å². The molecule has 86 valence electrons. The van der Waals surface area contributed by atoms with Crippen LogP contribution in [-0.4, -0.2) is 11.3 Å². The van der Waals surface area contributed by atoms with Gasteiger partial charge >= 0.3 is 0 Å². The lowest BCUT2D eigenvalue weighted by Crippen LogP contribution is -1.97. The van der Waals surface area contributed by atoms with E-state index in [1.54, 1.807) is 0 Å². The van der Waals surface area contributed by atoms with E-state index in [0.717, 1.165) is 6.07 Å². The molecule has 2 rings (SSSR count). The van der Waals surface area contributed by atoms with E-state index in [0.29, 0.717) is 6.29 Å². The summed E-state index contributed by atoms with van der Waals surface area (Å²) >= 11 is 0. The summed E-state index contributed by atoms with van der Waals surface area (Å²) in [5, 5.41) is 0. The second kappa shape index (κ2) is 4.37. The van der Waals surface area contributed by atoms with Gasteiger partial charge in [-0.25, -0.2) is 13.8 Å². The van der Waals surface area contributed by atoms with Gasteiger partial charge in [-0.1, -0.05) is 12.1 Å². The fourth-order valence-corrected chi connectivity index (χ4v) is 1.43. The van der Waals surface area contributed by atoms with E-state index in [4.69, 9.17) is 0 Å². The normalized spacial score (nSPS) is 10.3. The summed E-state index contributed by atoms with van der Waals surface area (Å²) in [5.41, 5.74) is -0.525. The number of nitrogens with zero attached hydrogens (tertiary/aromatic N) is 1. The monoisotopic (exact) mass is 237 g/mol. The number of benzene rings is 1. The van der Waals surface area contributed by atoms with Crippen LogP contribution in [-0.2, 0) is 0 Å². The van der Waals surface area contributed by atoms with Crippen molar-refractivity contribution in [2.75, 3.05) is 0 Å². The summed E-state index contributed by atoms with van der Waals surface area (Å²) in [7, 11) is 0. The van der Waals surface area contributed by atoms with Crippen molar-refractivity contribution < 1.29 is 18.0 Å². The zero-order valence-corrected chi connectivity index (χ0v) is 8.45. The van der Waals surface area contributed by atoms with Crippen molar-refractivity contribution in [3.05, 3.63) is 53.6 Å². The van der Waals surface area contributed by atoms with Crippen LogP contribution in [0, 0.1) is 17.6 Å². The van der Waals surface area contributed by atoms with Gasteiger partial charge in [0.2, 0.25) is 5.95 Å². The molecule has 17 heavy (non-hydrogen) atoms. The van der Waals surface area contributed by atoms with Crippen molar-refractivity contribution in [1.82, 2.24) is 4.98 Å². The molecule has 2 nitrogen and oxygen atoms in total. The third-order valence-corrected chi connectivity index (χ3v) is 2.23. The first-order valence-electron chi connectivity index (χ1n) is 4.69. The maximum Gasteiger partial charge on any atom is 0.221 e. The number of hydrogen-bond acceptors (Lipinski definition) is 2. The predicted molar refractivity (Wildman–Crippen MR) is 54.9 cm³/mol. The van der Waals surface area contributed by atoms with Crippen LogP contribution in [0.3, 0.4) is 0 Å². The van der Waals surface area contributed by atoms with Crippen molar-refractivity contribution in [3.8, 4) is 11.1 Å². The van der Waals surface area contributed by atoms with Crippen molar-refractivity contribution in [3.63, 3.8) is 0 Å². The zero-order chi connectivity index (χ0) is 12.4. The molecule has 0 aliphatic rings. The number of aromatic nitrogens is 1. The maximum absolute atomic E-state index is 13.5. The summed E-state index contributed by atoms with van der Waals surface area (Å²) in [6.45, 7) is 0. The average molecular weight is 237 g/mol. The van der Waals surface area contributed by atoms with Gasteiger partial charge in [0.1, 0.15) is 5.69 Å². The first-order chi connectivity index (χ1) is 8.13. The SMILES string of the molecule is O=Cc1ccc(-c2cccc(F)c2F)c(F)n1. The van der Waals surface area contributed by atoms with E-state index >= 15 is 0 Å². The summed E-state index contributed by atoms with van der Waals surface area (Å²) < 4.78 is 39.9. The Kier molecular flexibility index (Phi) is 2.91. The molecule has 0 bridgehead atoms. The molecule has 0 radical (unpaired) electrons. The number of hydrogen-bond donors (Lipinski definition) is 0. The van der Waals surface area contributed by atoms with Crippen LogP contribution >= 0.6 is 0 Å². The van der Waals surface area contributed by atoms with E-state index in [-0.39, 0.29) is 16.8 Å². The largest absolute Gasteiger partial charge is 0.296 e. The minimum absolute atomic E-state index is 0.108. The van der Waals surface area contributed by atoms with E-state index in [1.807, 2.05) is 0 Å². The number of rotatable bonds is 2. The van der Waals surface area contributed by atoms with Crippen LogP contribution in [0.15, 0.2) is 30.3 Å². The van der Waals surface area contributed by atoms with Gasteiger partial charge in [0.05, 0.1) is 0 Å². The lowest BCUT2D eigenvalue weighted by Gasteiger charge is -2.05. The molecule has 0 atom stereocenters. The lowest BCUT2D eigenvalue weighted by atomic mass is 10.1. The zero-order valence-electron chi connectivity index (χ0n) is 8.45. The minimum Gasteiger partial charge on any atom is -0.296 e. The van der Waals surface area contributed by atoms with Crippen molar-refractivity contribution in [2.45, 2.75) is 0 Å². The third kappa shape index (κ3) is 2.04. The van der Waals surface area contributed by atoms with E-state index in [2.05, 4.69) is 4.98 Å². The molecule has 0 spiro atoms. The molecule has 0 N–H and O–H groups in total. The predicted octanol–water partition coefficient (Wildman–Crippen LogP) is 2.98. The number of pyridine rings is 1. The van der Waals surface area contributed by atoms with E-state index in [9.17, 15) is 18.0 Å². The second-order valence-electron chi connectivity index (χ2n) is 3.29. The molecular weight excluding hydrogens is 231 g/mol. The van der Waals surface area contributed by atoms with Gasteiger partial charge in [0.25, 0.3) is 0 Å². The molecule has 0 saturated carbocycles. The van der Waals surface area contributed by atoms with Crippen LogP contribution in [0.25, 0.3) is 11.1 Å². The molecule has 1 heterocycles. The average Bonchev–Trinajstić information content (AvgIpc) is 2.33. The Hall–Kier alpha value is -2.17. The topological polar surface area (TPSA) is 30.0 Å². The number of aldehydes is 1. The van der Waals surface area contributed by atoms with Crippen molar-refractivity contribution in [1.29, 1.82) is 0 Å². The highest BCUT2D eigenvalue weighted by atomic mass is 19.2. The Morgan fingerprint density at radius 2 is 1.76 bits per heavy atom. The standard InChI is InChI=1S/C12H6F3NO/c13-10-3-1-2-8(11(10)14)9-5-4-7(6-17)16-12(9)15/h1-6H. The van der Waals surface area contributed by atoms with Crippen LogP contribution in [0.1, 0.15) is 10.5 Å². The van der Waals surface area contributed by atoms with Crippen molar-refractivity contribution >= 4 is 6.29 Å². The smallest absolute Gasteiger partial charge is 0.221 e. The lowest BCUT2D eigenvalue weighted by molar-refractivity contribution is 0.111. The Morgan fingerprint density at radius 3 is 2.41 bits per heavy atom. The fraction of sp³-hybridized carbons (Fsp3) is 0. The highest BCUT2D eigenvalue weighted by Crippen LogP contribution is 2.25. The number of carbonyl (C=O) groups is 1. The molecule has 5 heteroatoms. The van der Waals surface area contributed by atoms with Gasteiger partial charge in [-0.05, 0) is 18.2 Å². The van der Waals surface area contributed by atoms with Gasteiger partial charge < -0.3 is 0 Å². The Balaban J connectivity index is 2.61. The van der Waals surface area contributed by atoms with Gasteiger partial charge in [0, 0.05) is 11.1 Å². The van der Waals surface area contributed by atoms with Gasteiger partial charge in [-0.3, -0.25) is 4.79 Å². The third-order valence-electron chi connectivity index (χ3n) is 2.23. The minimum atomic E-state index is -1.15. The molecule has 0 aliphatic carbocycles. The Morgan fingerprint density at radius 1 is 1.00 bits per heavy atom. The summed E-state index contributed by atoms with van der Waals surface area (Å²) in [6, 6.07) is 5.85. The maximum atomic E-state index is 13.5. The highest BCUT2D eigenvalue weighted by molar-refractivity contribution is 5.73. The van der Waals surface area contributed by atoms with Crippen LogP contribution in [0.2, 0.25) is 0 Å². The molecular formula is C12H6F3NO. The Bertz CT molecular complexity index is 584. The van der Waals surface area contributed by atoms with Crippen molar-refractivity contribution in [2.24, 2.45) is 0 Å². The van der Waals surface area contributed by atoms with Crippen LogP contribution in [0.4, 0.5) is 13.2 Å². The number of carbonyl (C=O) groups excluding carboxylic acids is 1.